The molecule has 1 heterocycles. The van der Waals surface area contributed by atoms with Crippen molar-refractivity contribution in [2.75, 3.05) is 0 Å². The molecule has 0 aromatic carbocycles. The highest BCUT2D eigenvalue weighted by atomic mass is 16.6. The van der Waals surface area contributed by atoms with Gasteiger partial charge < -0.3 is 4.74 Å². The summed E-state index contributed by atoms with van der Waals surface area (Å²) in [6.45, 7) is 12.6. The summed E-state index contributed by atoms with van der Waals surface area (Å²) < 4.78 is 6.17. The number of hydrogen-bond donors (Lipinski definition) is 0. The van der Waals surface area contributed by atoms with Crippen molar-refractivity contribution in [2.45, 2.75) is 64.4 Å². The van der Waals surface area contributed by atoms with Crippen molar-refractivity contribution in [1.29, 1.82) is 0 Å². The van der Waals surface area contributed by atoms with Crippen molar-refractivity contribution in [3.8, 4) is 0 Å². The van der Waals surface area contributed by atoms with Crippen LogP contribution in [-0.4, -0.2) is 17.4 Å². The van der Waals surface area contributed by atoms with Gasteiger partial charge in [-0.1, -0.05) is 25.7 Å². The highest BCUT2D eigenvalue weighted by Crippen LogP contribution is 2.72. The van der Waals surface area contributed by atoms with Gasteiger partial charge in [-0.25, -0.2) is 0 Å². The first-order valence-electron chi connectivity index (χ1n) is 8.88. The molecule has 0 aromatic heterocycles. The van der Waals surface area contributed by atoms with Gasteiger partial charge in [-0.15, -0.1) is 0 Å². The monoisotopic (exact) mass is 314 g/mol. The first-order chi connectivity index (χ1) is 10.8. The number of rotatable bonds is 1. The largest absolute Gasteiger partial charge is 0.457 e. The lowest BCUT2D eigenvalue weighted by Crippen LogP contribution is -2.74. The maximum absolute atomic E-state index is 13.2. The average molecular weight is 314 g/mol. The van der Waals surface area contributed by atoms with Crippen molar-refractivity contribution in [2.24, 2.45) is 22.7 Å². The van der Waals surface area contributed by atoms with Crippen molar-refractivity contribution < 1.29 is 14.3 Å². The molecule has 4 saturated carbocycles. The Labute approximate surface area is 138 Å². The Morgan fingerprint density at radius 2 is 1.91 bits per heavy atom. The van der Waals surface area contributed by atoms with Gasteiger partial charge in [0.15, 0.2) is 5.78 Å². The lowest BCUT2D eigenvalue weighted by Gasteiger charge is -2.70. The molecule has 2 unspecified atom stereocenters. The van der Waals surface area contributed by atoms with Gasteiger partial charge in [-0.3, -0.25) is 9.59 Å². The number of ether oxygens (including phenoxy) is 1. The topological polar surface area (TPSA) is 43.4 Å². The molecule has 1 saturated heterocycles. The number of esters is 1. The Hall–Kier alpha value is -1.38. The molecule has 5 aliphatic rings. The minimum absolute atomic E-state index is 0.129. The zero-order valence-corrected chi connectivity index (χ0v) is 14.2. The maximum Gasteiger partial charge on any atom is 0.306 e. The predicted octanol–water partition coefficient (Wildman–Crippen LogP) is 3.98. The van der Waals surface area contributed by atoms with E-state index in [1.54, 1.807) is 0 Å². The second kappa shape index (κ2) is 4.37. The van der Waals surface area contributed by atoms with Crippen LogP contribution in [0.5, 0.6) is 0 Å². The fourth-order valence-corrected chi connectivity index (χ4v) is 6.59. The van der Waals surface area contributed by atoms with E-state index >= 15 is 0 Å². The molecule has 4 aliphatic carbocycles. The molecule has 5 atom stereocenters. The van der Waals surface area contributed by atoms with Crippen molar-refractivity contribution in [1.82, 2.24) is 0 Å². The summed E-state index contributed by atoms with van der Waals surface area (Å²) in [4.78, 5) is 25.5. The molecule has 0 radical (unpaired) electrons. The van der Waals surface area contributed by atoms with E-state index in [-0.39, 0.29) is 23.1 Å². The van der Waals surface area contributed by atoms with E-state index in [1.165, 1.54) is 0 Å². The van der Waals surface area contributed by atoms with Crippen LogP contribution >= 0.6 is 0 Å². The highest BCUT2D eigenvalue weighted by molar-refractivity contribution is 6.03. The Kier molecular flexibility index (Phi) is 2.88. The summed E-state index contributed by atoms with van der Waals surface area (Å²) in [6.07, 6.45) is 5.67. The molecule has 2 spiro atoms. The third kappa shape index (κ3) is 1.52. The second-order valence-electron chi connectivity index (χ2n) is 8.53. The number of ketones is 1. The van der Waals surface area contributed by atoms with Gasteiger partial charge in [-0.05, 0) is 62.9 Å². The Morgan fingerprint density at radius 1 is 1.22 bits per heavy atom. The highest BCUT2D eigenvalue weighted by Gasteiger charge is 2.76. The minimum atomic E-state index is -0.640. The number of allylic oxidation sites excluding steroid dienone is 2. The first-order valence-corrected chi connectivity index (χ1v) is 8.88. The Bertz CT molecular complexity index is 647. The van der Waals surface area contributed by atoms with E-state index in [0.717, 1.165) is 49.7 Å². The van der Waals surface area contributed by atoms with Crippen LogP contribution < -0.4 is 0 Å². The van der Waals surface area contributed by atoms with E-state index < -0.39 is 11.0 Å². The number of carbonyl (C=O) groups excluding carboxylic acids is 2. The van der Waals surface area contributed by atoms with Gasteiger partial charge in [-0.2, -0.15) is 0 Å². The zero-order chi connectivity index (χ0) is 16.6. The van der Waals surface area contributed by atoms with Crippen LogP contribution in [0, 0.1) is 22.7 Å². The van der Waals surface area contributed by atoms with Crippen LogP contribution in [-0.2, 0) is 14.3 Å². The number of hydrogen-bond acceptors (Lipinski definition) is 3. The molecule has 124 valence electrons. The molecule has 1 aliphatic heterocycles. The van der Waals surface area contributed by atoms with Crippen molar-refractivity contribution in [3.05, 3.63) is 24.3 Å². The maximum atomic E-state index is 13.2. The van der Waals surface area contributed by atoms with Crippen LogP contribution in [0.4, 0.5) is 0 Å². The molecule has 0 aromatic rings. The van der Waals surface area contributed by atoms with Gasteiger partial charge in [0.1, 0.15) is 5.60 Å². The molecule has 3 heteroatoms. The molecule has 3 nitrogen and oxygen atoms in total. The second-order valence-corrected chi connectivity index (χ2v) is 8.53. The van der Waals surface area contributed by atoms with Crippen LogP contribution in [0.2, 0.25) is 0 Å². The number of Topliss-reactive ketones (excluding diaryl/α,β-unsaturated/α-hetero) is 1. The summed E-state index contributed by atoms with van der Waals surface area (Å²) in [6, 6.07) is 0. The van der Waals surface area contributed by atoms with Crippen LogP contribution in [0.15, 0.2) is 24.3 Å². The smallest absolute Gasteiger partial charge is 0.306 e. The molecule has 5 rings (SSSR count). The van der Waals surface area contributed by atoms with Gasteiger partial charge in [0.05, 0.1) is 5.41 Å². The molecular weight excluding hydrogens is 288 g/mol. The van der Waals surface area contributed by atoms with Crippen molar-refractivity contribution in [3.63, 3.8) is 0 Å². The standard InChI is InChI=1S/C20H26O3/c1-12(2)15-6-10-19-9-5-14(13(3)17(19)22)11-20(19)18(15,4)8-7-16(21)23-20/h14-15H,1,3,5-11H2,2,4H3/t14?,15-,18-,19?,20-/m0/s1. The Balaban J connectivity index is 1.94. The summed E-state index contributed by atoms with van der Waals surface area (Å²) in [7, 11) is 0. The third-order valence-corrected chi connectivity index (χ3v) is 7.73. The minimum Gasteiger partial charge on any atom is -0.457 e. The summed E-state index contributed by atoms with van der Waals surface area (Å²) in [5, 5.41) is 0. The summed E-state index contributed by atoms with van der Waals surface area (Å²) in [5.41, 5.74) is 0.584. The molecular formula is C20H26O3. The molecule has 0 amide bonds. The van der Waals surface area contributed by atoms with E-state index in [2.05, 4.69) is 27.0 Å². The fraction of sp³-hybridized carbons (Fsp3) is 0.700. The van der Waals surface area contributed by atoms with Gasteiger partial charge in [0.2, 0.25) is 0 Å². The molecule has 23 heavy (non-hydrogen) atoms. The third-order valence-electron chi connectivity index (χ3n) is 7.73. The lowest BCUT2D eigenvalue weighted by molar-refractivity contribution is -0.270. The van der Waals surface area contributed by atoms with E-state index in [1.807, 2.05) is 0 Å². The number of fused-ring (bicyclic) bond motifs is 2. The summed E-state index contributed by atoms with van der Waals surface area (Å²) >= 11 is 0. The molecule has 5 fully saturated rings. The van der Waals surface area contributed by atoms with E-state index in [9.17, 15) is 9.59 Å². The van der Waals surface area contributed by atoms with Crippen LogP contribution in [0.25, 0.3) is 0 Å². The van der Waals surface area contributed by atoms with Crippen LogP contribution in [0.1, 0.15) is 58.8 Å². The summed E-state index contributed by atoms with van der Waals surface area (Å²) in [5.74, 6) is 0.552. The molecule has 2 bridgehead atoms. The SMILES string of the molecule is C=C1C(=O)C23CCC1C[C@@]21OC(=O)CC[C@@]1(C)[C@H](C(=C)C)CC3. The van der Waals surface area contributed by atoms with E-state index in [4.69, 9.17) is 4.74 Å². The van der Waals surface area contributed by atoms with Crippen LogP contribution in [0.3, 0.4) is 0 Å². The lowest BCUT2D eigenvalue weighted by atomic mass is 9.37. The van der Waals surface area contributed by atoms with E-state index in [0.29, 0.717) is 12.3 Å². The normalized spacial score (nSPS) is 48.5. The number of carbonyl (C=O) groups is 2. The fourth-order valence-electron chi connectivity index (χ4n) is 6.59. The molecule has 0 N–H and O–H groups in total. The quantitative estimate of drug-likeness (QED) is 0.418. The van der Waals surface area contributed by atoms with Gasteiger partial charge in [0, 0.05) is 11.8 Å². The predicted molar refractivity (Wildman–Crippen MR) is 87.6 cm³/mol. The Morgan fingerprint density at radius 3 is 2.61 bits per heavy atom. The first kappa shape index (κ1) is 15.2. The van der Waals surface area contributed by atoms with Gasteiger partial charge in [0.25, 0.3) is 0 Å². The van der Waals surface area contributed by atoms with Crippen molar-refractivity contribution >= 4 is 11.8 Å². The average Bonchev–Trinajstić information content (AvgIpc) is 2.50. The van der Waals surface area contributed by atoms with Gasteiger partial charge >= 0.3 is 5.97 Å². The zero-order valence-electron chi connectivity index (χ0n) is 14.2.